The standard InChI is InChI=1S/C21H31N3O3.ClH/c1-15-13-24(14-16(2)27-15)21(26)18-4-6-19(7-5-18)23-20(25)8-3-17-9-11-22-12-10-17;/h4-7,15-17,22H,3,8-14H2,1-2H3,(H,23,25);1H. The van der Waals surface area contributed by atoms with Crippen molar-refractivity contribution in [1.82, 2.24) is 10.2 Å². The van der Waals surface area contributed by atoms with Gasteiger partial charge in [0.15, 0.2) is 0 Å². The van der Waals surface area contributed by atoms with E-state index in [1.807, 2.05) is 30.9 Å². The molecule has 28 heavy (non-hydrogen) atoms. The third kappa shape index (κ3) is 6.47. The number of hydrogen-bond donors (Lipinski definition) is 2. The van der Waals surface area contributed by atoms with Crippen LogP contribution in [0.1, 0.15) is 49.9 Å². The molecule has 3 rings (SSSR count). The fourth-order valence-corrected chi connectivity index (χ4v) is 3.95. The van der Waals surface area contributed by atoms with Crippen LogP contribution in [0.4, 0.5) is 5.69 Å². The molecule has 1 aromatic carbocycles. The molecular formula is C21H32ClN3O3. The van der Waals surface area contributed by atoms with Gasteiger partial charge in [-0.1, -0.05) is 0 Å². The van der Waals surface area contributed by atoms with Crippen molar-refractivity contribution in [3.63, 3.8) is 0 Å². The minimum absolute atomic E-state index is 0. The molecule has 0 aromatic heterocycles. The van der Waals surface area contributed by atoms with Crippen molar-refractivity contribution in [3.05, 3.63) is 29.8 Å². The number of anilines is 1. The zero-order valence-electron chi connectivity index (χ0n) is 16.8. The molecule has 2 heterocycles. The van der Waals surface area contributed by atoms with E-state index in [-0.39, 0.29) is 36.4 Å². The zero-order valence-corrected chi connectivity index (χ0v) is 17.6. The normalized spacial score (nSPS) is 23.0. The summed E-state index contributed by atoms with van der Waals surface area (Å²) in [4.78, 5) is 26.7. The number of benzene rings is 1. The quantitative estimate of drug-likeness (QED) is 0.784. The Morgan fingerprint density at radius 3 is 2.32 bits per heavy atom. The van der Waals surface area contributed by atoms with Crippen LogP contribution in [-0.2, 0) is 9.53 Å². The monoisotopic (exact) mass is 409 g/mol. The van der Waals surface area contributed by atoms with Crippen molar-refractivity contribution in [2.75, 3.05) is 31.5 Å². The number of piperidine rings is 1. The van der Waals surface area contributed by atoms with Crippen molar-refractivity contribution < 1.29 is 14.3 Å². The van der Waals surface area contributed by atoms with E-state index in [9.17, 15) is 9.59 Å². The Bertz CT molecular complexity index is 637. The Morgan fingerprint density at radius 1 is 1.11 bits per heavy atom. The van der Waals surface area contributed by atoms with E-state index in [4.69, 9.17) is 4.74 Å². The molecular weight excluding hydrogens is 378 g/mol. The van der Waals surface area contributed by atoms with E-state index in [0.717, 1.165) is 38.0 Å². The summed E-state index contributed by atoms with van der Waals surface area (Å²) in [5, 5.41) is 6.29. The average Bonchev–Trinajstić information content (AvgIpc) is 2.66. The summed E-state index contributed by atoms with van der Waals surface area (Å²) >= 11 is 0. The van der Waals surface area contributed by atoms with E-state index in [2.05, 4.69) is 10.6 Å². The summed E-state index contributed by atoms with van der Waals surface area (Å²) in [6.07, 6.45) is 3.91. The minimum Gasteiger partial charge on any atom is -0.372 e. The van der Waals surface area contributed by atoms with E-state index < -0.39 is 0 Å². The van der Waals surface area contributed by atoms with Crippen LogP contribution < -0.4 is 10.6 Å². The van der Waals surface area contributed by atoms with Crippen molar-refractivity contribution >= 4 is 29.9 Å². The lowest BCUT2D eigenvalue weighted by molar-refractivity contribution is -0.116. The third-order valence-corrected chi connectivity index (χ3v) is 5.36. The number of ether oxygens (including phenoxy) is 1. The molecule has 2 atom stereocenters. The first kappa shape index (κ1) is 22.7. The third-order valence-electron chi connectivity index (χ3n) is 5.36. The number of halogens is 1. The SMILES string of the molecule is CC1CN(C(=O)c2ccc(NC(=O)CCC3CCNCC3)cc2)CC(C)O1.Cl. The first-order valence-corrected chi connectivity index (χ1v) is 10.1. The molecule has 2 aliphatic heterocycles. The number of carbonyl (C=O) groups excluding carboxylic acids is 2. The maximum atomic E-state index is 12.7. The number of nitrogens with one attached hydrogen (secondary N) is 2. The van der Waals surface area contributed by atoms with Gasteiger partial charge in [-0.3, -0.25) is 9.59 Å². The second-order valence-corrected chi connectivity index (χ2v) is 7.83. The van der Waals surface area contributed by atoms with Crippen LogP contribution in [0, 0.1) is 5.92 Å². The number of amides is 2. The molecule has 0 aliphatic carbocycles. The summed E-state index contributed by atoms with van der Waals surface area (Å²) in [7, 11) is 0. The number of rotatable bonds is 5. The number of nitrogens with zero attached hydrogens (tertiary/aromatic N) is 1. The van der Waals surface area contributed by atoms with Gasteiger partial charge in [0.05, 0.1) is 12.2 Å². The summed E-state index contributed by atoms with van der Waals surface area (Å²) in [6.45, 7) is 7.30. The maximum Gasteiger partial charge on any atom is 0.254 e. The Morgan fingerprint density at radius 2 is 1.71 bits per heavy atom. The Labute approximate surface area is 173 Å². The van der Waals surface area contributed by atoms with Crippen LogP contribution in [0.5, 0.6) is 0 Å². The molecule has 0 spiro atoms. The zero-order chi connectivity index (χ0) is 19.2. The Kier molecular flexibility index (Phi) is 8.73. The number of morpholine rings is 1. The van der Waals surface area contributed by atoms with Gasteiger partial charge in [0, 0.05) is 30.8 Å². The summed E-state index contributed by atoms with van der Waals surface area (Å²) in [5.74, 6) is 0.708. The molecule has 156 valence electrons. The fraction of sp³-hybridized carbons (Fsp3) is 0.619. The second-order valence-electron chi connectivity index (χ2n) is 7.83. The van der Waals surface area contributed by atoms with Gasteiger partial charge in [-0.25, -0.2) is 0 Å². The molecule has 2 aliphatic rings. The highest BCUT2D eigenvalue weighted by Gasteiger charge is 2.26. The fourth-order valence-electron chi connectivity index (χ4n) is 3.95. The maximum absolute atomic E-state index is 12.7. The van der Waals surface area contributed by atoms with E-state index >= 15 is 0 Å². The van der Waals surface area contributed by atoms with E-state index in [1.165, 1.54) is 0 Å². The smallest absolute Gasteiger partial charge is 0.254 e. The average molecular weight is 410 g/mol. The van der Waals surface area contributed by atoms with Gasteiger partial charge in [-0.15, -0.1) is 12.4 Å². The van der Waals surface area contributed by atoms with Crippen molar-refractivity contribution in [1.29, 1.82) is 0 Å². The topological polar surface area (TPSA) is 70.7 Å². The van der Waals surface area contributed by atoms with Crippen LogP contribution in [-0.4, -0.2) is 55.1 Å². The number of hydrogen-bond acceptors (Lipinski definition) is 4. The first-order valence-electron chi connectivity index (χ1n) is 10.1. The van der Waals surface area contributed by atoms with E-state index in [1.54, 1.807) is 12.1 Å². The minimum atomic E-state index is 0. The molecule has 1 aromatic rings. The van der Waals surface area contributed by atoms with Crippen LogP contribution >= 0.6 is 12.4 Å². The highest BCUT2D eigenvalue weighted by atomic mass is 35.5. The summed E-state index contributed by atoms with van der Waals surface area (Å²) < 4.78 is 5.69. The summed E-state index contributed by atoms with van der Waals surface area (Å²) in [5.41, 5.74) is 1.38. The lowest BCUT2D eigenvalue weighted by Crippen LogP contribution is -2.48. The van der Waals surface area contributed by atoms with Gasteiger partial charge in [0.2, 0.25) is 5.91 Å². The molecule has 7 heteroatoms. The summed E-state index contributed by atoms with van der Waals surface area (Å²) in [6, 6.07) is 7.19. The highest BCUT2D eigenvalue weighted by molar-refractivity contribution is 5.96. The van der Waals surface area contributed by atoms with Gasteiger partial charge in [-0.2, -0.15) is 0 Å². The second kappa shape index (κ2) is 10.8. The molecule has 0 radical (unpaired) electrons. The van der Waals surface area contributed by atoms with Crippen molar-refractivity contribution in [3.8, 4) is 0 Å². The predicted molar refractivity (Wildman–Crippen MR) is 113 cm³/mol. The van der Waals surface area contributed by atoms with E-state index in [0.29, 0.717) is 31.0 Å². The molecule has 2 amide bonds. The highest BCUT2D eigenvalue weighted by Crippen LogP contribution is 2.19. The van der Waals surface area contributed by atoms with Gasteiger partial charge < -0.3 is 20.3 Å². The van der Waals surface area contributed by atoms with Crippen LogP contribution in [0.15, 0.2) is 24.3 Å². The lowest BCUT2D eigenvalue weighted by Gasteiger charge is -2.35. The number of carbonyl (C=O) groups is 2. The van der Waals surface area contributed by atoms with Gasteiger partial charge in [-0.05, 0) is 76.4 Å². The molecule has 0 saturated carbocycles. The molecule has 6 nitrogen and oxygen atoms in total. The first-order chi connectivity index (χ1) is 13.0. The lowest BCUT2D eigenvalue weighted by atomic mass is 9.93. The van der Waals surface area contributed by atoms with Gasteiger partial charge >= 0.3 is 0 Å². The van der Waals surface area contributed by atoms with Gasteiger partial charge in [0.1, 0.15) is 0 Å². The molecule has 2 fully saturated rings. The van der Waals surface area contributed by atoms with Gasteiger partial charge in [0.25, 0.3) is 5.91 Å². The predicted octanol–water partition coefficient (Wildman–Crippen LogP) is 3.08. The molecule has 2 N–H and O–H groups in total. The molecule has 0 bridgehead atoms. The van der Waals surface area contributed by atoms with Crippen molar-refractivity contribution in [2.45, 2.75) is 51.7 Å². The molecule has 2 unspecified atom stereocenters. The van der Waals surface area contributed by atoms with Crippen LogP contribution in [0.25, 0.3) is 0 Å². The largest absolute Gasteiger partial charge is 0.372 e. The van der Waals surface area contributed by atoms with Crippen molar-refractivity contribution in [2.24, 2.45) is 5.92 Å². The Balaban J connectivity index is 0.00000280. The van der Waals surface area contributed by atoms with Crippen LogP contribution in [0.3, 0.4) is 0 Å². The molecule has 2 saturated heterocycles. The Hall–Kier alpha value is -1.63. The van der Waals surface area contributed by atoms with Crippen LogP contribution in [0.2, 0.25) is 0 Å².